The van der Waals surface area contributed by atoms with Gasteiger partial charge in [0.25, 0.3) is 5.56 Å². The van der Waals surface area contributed by atoms with Crippen molar-refractivity contribution in [3.8, 4) is 0 Å². The van der Waals surface area contributed by atoms with Gasteiger partial charge in [-0.1, -0.05) is 0 Å². The number of pyridine rings is 1. The van der Waals surface area contributed by atoms with Gasteiger partial charge >= 0.3 is 0 Å². The first-order valence-corrected chi connectivity index (χ1v) is 4.73. The highest BCUT2D eigenvalue weighted by molar-refractivity contribution is 6.28. The Morgan fingerprint density at radius 3 is 2.93 bits per heavy atom. The summed E-state index contributed by atoms with van der Waals surface area (Å²) in [6.45, 7) is 0.496. The molecule has 0 bridgehead atoms. The van der Waals surface area contributed by atoms with Crippen molar-refractivity contribution in [2.45, 2.75) is 6.54 Å². The molecule has 0 amide bonds. The molecule has 78 valence electrons. The van der Waals surface area contributed by atoms with Crippen LogP contribution in [0.15, 0.2) is 29.5 Å². The van der Waals surface area contributed by atoms with Crippen molar-refractivity contribution in [1.82, 2.24) is 19.3 Å². The summed E-state index contributed by atoms with van der Waals surface area (Å²) in [5.74, 6) is 0. The fourth-order valence-electron chi connectivity index (χ4n) is 1.22. The number of halogens is 1. The molecule has 0 aliphatic rings. The molecule has 0 aliphatic heterocycles. The average Bonchev–Trinajstić information content (AvgIpc) is 2.58. The van der Waals surface area contributed by atoms with Gasteiger partial charge in [-0.15, -0.1) is 5.10 Å². The van der Waals surface area contributed by atoms with Crippen molar-refractivity contribution >= 4 is 11.6 Å². The molecule has 0 aliphatic carbocycles. The van der Waals surface area contributed by atoms with Crippen LogP contribution in [-0.4, -0.2) is 19.3 Å². The third-order valence-corrected chi connectivity index (χ3v) is 2.19. The van der Waals surface area contributed by atoms with Crippen LogP contribution in [-0.2, 0) is 13.6 Å². The molecule has 0 spiro atoms. The molecule has 0 saturated carbocycles. The SMILES string of the molecule is Cn1ccc(Cn2cnc(Cl)n2)cc1=O. The zero-order chi connectivity index (χ0) is 10.8. The number of rotatable bonds is 2. The fourth-order valence-corrected chi connectivity index (χ4v) is 1.36. The topological polar surface area (TPSA) is 52.7 Å². The van der Waals surface area contributed by atoms with E-state index in [0.717, 1.165) is 5.56 Å². The Bertz CT molecular complexity index is 531. The van der Waals surface area contributed by atoms with E-state index in [0.29, 0.717) is 6.54 Å². The summed E-state index contributed by atoms with van der Waals surface area (Å²) in [6.07, 6.45) is 3.25. The third-order valence-electron chi connectivity index (χ3n) is 2.02. The van der Waals surface area contributed by atoms with E-state index in [2.05, 4.69) is 10.1 Å². The van der Waals surface area contributed by atoms with E-state index in [1.807, 2.05) is 6.07 Å². The minimum absolute atomic E-state index is 0.0429. The second-order valence-corrected chi connectivity index (χ2v) is 3.53. The van der Waals surface area contributed by atoms with E-state index < -0.39 is 0 Å². The van der Waals surface area contributed by atoms with Gasteiger partial charge < -0.3 is 4.57 Å². The van der Waals surface area contributed by atoms with Crippen molar-refractivity contribution in [1.29, 1.82) is 0 Å². The highest BCUT2D eigenvalue weighted by Gasteiger charge is 2.00. The molecule has 2 aromatic heterocycles. The average molecular weight is 225 g/mol. The molecule has 0 aromatic carbocycles. The lowest BCUT2D eigenvalue weighted by Gasteiger charge is -2.01. The lowest BCUT2D eigenvalue weighted by molar-refractivity contribution is 0.680. The van der Waals surface area contributed by atoms with Gasteiger partial charge in [0.2, 0.25) is 5.28 Å². The maximum absolute atomic E-state index is 11.3. The summed E-state index contributed by atoms with van der Waals surface area (Å²) in [4.78, 5) is 15.1. The molecule has 0 radical (unpaired) electrons. The van der Waals surface area contributed by atoms with Gasteiger partial charge in [-0.05, 0) is 23.2 Å². The highest BCUT2D eigenvalue weighted by atomic mass is 35.5. The van der Waals surface area contributed by atoms with Gasteiger partial charge in [-0.3, -0.25) is 4.79 Å². The Morgan fingerprint density at radius 2 is 2.33 bits per heavy atom. The maximum Gasteiger partial charge on any atom is 0.250 e. The van der Waals surface area contributed by atoms with Gasteiger partial charge in [-0.25, -0.2) is 9.67 Å². The molecule has 2 aromatic rings. The van der Waals surface area contributed by atoms with Crippen LogP contribution in [0.5, 0.6) is 0 Å². The van der Waals surface area contributed by atoms with Crippen molar-refractivity contribution < 1.29 is 0 Å². The molecule has 0 atom stereocenters. The second kappa shape index (κ2) is 3.86. The summed E-state index contributed by atoms with van der Waals surface area (Å²) >= 11 is 5.57. The van der Waals surface area contributed by atoms with Gasteiger partial charge in [-0.2, -0.15) is 0 Å². The smallest absolute Gasteiger partial charge is 0.250 e. The summed E-state index contributed by atoms with van der Waals surface area (Å²) < 4.78 is 3.09. The number of aryl methyl sites for hydroxylation is 1. The van der Waals surface area contributed by atoms with E-state index in [-0.39, 0.29) is 10.8 Å². The Hall–Kier alpha value is -1.62. The number of hydrogen-bond acceptors (Lipinski definition) is 3. The Morgan fingerprint density at radius 1 is 1.53 bits per heavy atom. The first kappa shape index (κ1) is 9.92. The monoisotopic (exact) mass is 224 g/mol. The summed E-state index contributed by atoms with van der Waals surface area (Å²) in [7, 11) is 1.71. The maximum atomic E-state index is 11.3. The van der Waals surface area contributed by atoms with Crippen molar-refractivity contribution in [3.63, 3.8) is 0 Å². The van der Waals surface area contributed by atoms with Crippen LogP contribution in [0.3, 0.4) is 0 Å². The lowest BCUT2D eigenvalue weighted by atomic mass is 10.3. The molecular weight excluding hydrogens is 216 g/mol. The minimum Gasteiger partial charge on any atom is -0.319 e. The molecule has 0 fully saturated rings. The van der Waals surface area contributed by atoms with Crippen LogP contribution in [0, 0.1) is 0 Å². The zero-order valence-electron chi connectivity index (χ0n) is 8.09. The van der Waals surface area contributed by atoms with Gasteiger partial charge in [0, 0.05) is 19.3 Å². The largest absolute Gasteiger partial charge is 0.319 e. The molecule has 15 heavy (non-hydrogen) atoms. The third kappa shape index (κ3) is 2.24. The van der Waals surface area contributed by atoms with E-state index in [1.54, 1.807) is 24.0 Å². The van der Waals surface area contributed by atoms with Crippen LogP contribution in [0.1, 0.15) is 5.56 Å². The predicted molar refractivity (Wildman–Crippen MR) is 55.8 cm³/mol. The molecule has 0 saturated heterocycles. The van der Waals surface area contributed by atoms with Crippen molar-refractivity contribution in [2.24, 2.45) is 7.05 Å². The lowest BCUT2D eigenvalue weighted by Crippen LogP contribution is -2.16. The molecule has 5 nitrogen and oxygen atoms in total. The second-order valence-electron chi connectivity index (χ2n) is 3.20. The summed E-state index contributed by atoms with van der Waals surface area (Å²) in [5.41, 5.74) is 0.832. The van der Waals surface area contributed by atoms with Crippen LogP contribution in [0.4, 0.5) is 0 Å². The number of aromatic nitrogens is 4. The van der Waals surface area contributed by atoms with Crippen molar-refractivity contribution in [2.75, 3.05) is 0 Å². The molecule has 6 heteroatoms. The molecule has 2 heterocycles. The van der Waals surface area contributed by atoms with Crippen LogP contribution in [0.25, 0.3) is 0 Å². The fraction of sp³-hybridized carbons (Fsp3) is 0.222. The quantitative estimate of drug-likeness (QED) is 0.754. The number of nitrogens with zero attached hydrogens (tertiary/aromatic N) is 4. The van der Waals surface area contributed by atoms with E-state index in [4.69, 9.17) is 11.6 Å². The van der Waals surface area contributed by atoms with Gasteiger partial charge in [0.1, 0.15) is 6.33 Å². The summed E-state index contributed by atoms with van der Waals surface area (Å²) in [5, 5.41) is 4.13. The van der Waals surface area contributed by atoms with Crippen LogP contribution in [0.2, 0.25) is 5.28 Å². The molecule has 0 N–H and O–H groups in total. The minimum atomic E-state index is -0.0429. The van der Waals surface area contributed by atoms with Crippen LogP contribution >= 0.6 is 11.6 Å². The number of hydrogen-bond donors (Lipinski definition) is 0. The van der Waals surface area contributed by atoms with Crippen molar-refractivity contribution in [3.05, 3.63) is 45.9 Å². The molecule has 2 rings (SSSR count). The predicted octanol–water partition coefficient (Wildman–Crippen LogP) is 0.678. The highest BCUT2D eigenvalue weighted by Crippen LogP contribution is 2.01. The van der Waals surface area contributed by atoms with E-state index in [1.165, 1.54) is 10.9 Å². The van der Waals surface area contributed by atoms with E-state index in [9.17, 15) is 4.79 Å². The Balaban J connectivity index is 2.25. The first-order chi connectivity index (χ1) is 7.15. The van der Waals surface area contributed by atoms with Gasteiger partial charge in [0.05, 0.1) is 6.54 Å². The normalized spacial score (nSPS) is 10.5. The standard InChI is InChI=1S/C9H9ClN4O/c1-13-3-2-7(4-8(13)15)5-14-6-11-9(10)12-14/h2-4,6H,5H2,1H3. The zero-order valence-corrected chi connectivity index (χ0v) is 8.85. The first-order valence-electron chi connectivity index (χ1n) is 4.35. The Kier molecular flexibility index (Phi) is 2.55. The molecular formula is C9H9ClN4O. The van der Waals surface area contributed by atoms with Crippen LogP contribution < -0.4 is 5.56 Å². The summed E-state index contributed by atoms with van der Waals surface area (Å²) in [6, 6.07) is 3.42. The molecule has 0 unspecified atom stereocenters. The van der Waals surface area contributed by atoms with E-state index >= 15 is 0 Å². The van der Waals surface area contributed by atoms with Gasteiger partial charge in [0.15, 0.2) is 0 Å². The Labute approximate surface area is 90.9 Å².